The Kier molecular flexibility index (Phi) is 5.19. The fourth-order valence-electron chi connectivity index (χ4n) is 3.67. The van der Waals surface area contributed by atoms with Gasteiger partial charge in [0.25, 0.3) is 5.56 Å². The van der Waals surface area contributed by atoms with E-state index in [1.807, 2.05) is 38.2 Å². The van der Waals surface area contributed by atoms with Crippen molar-refractivity contribution < 1.29 is 9.84 Å². The van der Waals surface area contributed by atoms with Crippen LogP contribution in [0.15, 0.2) is 35.5 Å². The standard InChI is InChI=1S/C21H22ClN3O3/c1-12-3-4-14(9-23-12)7-15-8-16-20(19(22)13(15)2)24-11-25(21(16)27)17-5-6-28-10-18(17)26/h3-4,8-9,11,17-18,26H,5-7,10H2,1-2H3/t17-,18-/m0/s1. The number of rotatable bonds is 3. The summed E-state index contributed by atoms with van der Waals surface area (Å²) in [7, 11) is 0. The second-order valence-electron chi connectivity index (χ2n) is 7.31. The maximum absolute atomic E-state index is 13.2. The molecule has 3 aromatic rings. The minimum absolute atomic E-state index is 0.193. The van der Waals surface area contributed by atoms with E-state index in [-0.39, 0.29) is 18.2 Å². The number of fused-ring (bicyclic) bond motifs is 1. The molecule has 0 aliphatic carbocycles. The van der Waals surface area contributed by atoms with Gasteiger partial charge < -0.3 is 9.84 Å². The quantitative estimate of drug-likeness (QED) is 0.732. The average molecular weight is 400 g/mol. The zero-order valence-electron chi connectivity index (χ0n) is 15.9. The molecular weight excluding hydrogens is 378 g/mol. The smallest absolute Gasteiger partial charge is 0.261 e. The average Bonchev–Trinajstić information content (AvgIpc) is 2.69. The van der Waals surface area contributed by atoms with Crippen LogP contribution in [0, 0.1) is 13.8 Å². The molecule has 1 saturated heterocycles. The molecule has 0 spiro atoms. The third kappa shape index (κ3) is 3.43. The number of aromatic nitrogens is 3. The Morgan fingerprint density at radius 3 is 2.86 bits per heavy atom. The van der Waals surface area contributed by atoms with Crippen molar-refractivity contribution >= 4 is 22.5 Å². The number of ether oxygens (including phenoxy) is 1. The van der Waals surface area contributed by atoms with Gasteiger partial charge in [0.2, 0.25) is 0 Å². The van der Waals surface area contributed by atoms with Crippen molar-refractivity contribution in [3.05, 3.63) is 68.5 Å². The van der Waals surface area contributed by atoms with Crippen LogP contribution in [0.25, 0.3) is 10.9 Å². The Morgan fingerprint density at radius 2 is 2.14 bits per heavy atom. The first-order valence-corrected chi connectivity index (χ1v) is 9.69. The minimum atomic E-state index is -0.732. The maximum Gasteiger partial charge on any atom is 0.261 e. The van der Waals surface area contributed by atoms with Crippen molar-refractivity contribution in [2.75, 3.05) is 13.2 Å². The first-order chi connectivity index (χ1) is 13.5. The summed E-state index contributed by atoms with van der Waals surface area (Å²) in [4.78, 5) is 22.0. The summed E-state index contributed by atoms with van der Waals surface area (Å²) in [6, 6.07) is 5.52. The predicted molar refractivity (Wildman–Crippen MR) is 108 cm³/mol. The van der Waals surface area contributed by atoms with E-state index in [2.05, 4.69) is 9.97 Å². The second kappa shape index (κ2) is 7.62. The molecule has 0 unspecified atom stereocenters. The van der Waals surface area contributed by atoms with Crippen LogP contribution >= 0.6 is 11.6 Å². The number of hydrogen-bond donors (Lipinski definition) is 1. The SMILES string of the molecule is Cc1ccc(Cc2cc3c(=O)n([C@H]4CCOC[C@@H]4O)cnc3c(Cl)c2C)cn1. The van der Waals surface area contributed by atoms with Crippen molar-refractivity contribution in [1.29, 1.82) is 0 Å². The number of hydrogen-bond acceptors (Lipinski definition) is 5. The Morgan fingerprint density at radius 1 is 1.32 bits per heavy atom. The normalized spacial score (nSPS) is 19.9. The summed E-state index contributed by atoms with van der Waals surface area (Å²) in [6.07, 6.45) is 3.79. The van der Waals surface area contributed by atoms with Gasteiger partial charge in [-0.15, -0.1) is 0 Å². The minimum Gasteiger partial charge on any atom is -0.389 e. The van der Waals surface area contributed by atoms with Gasteiger partial charge in [-0.2, -0.15) is 0 Å². The summed E-state index contributed by atoms with van der Waals surface area (Å²) < 4.78 is 6.79. The molecule has 1 aromatic carbocycles. The zero-order valence-corrected chi connectivity index (χ0v) is 16.6. The molecule has 28 heavy (non-hydrogen) atoms. The highest BCUT2D eigenvalue weighted by Crippen LogP contribution is 2.29. The van der Waals surface area contributed by atoms with Crippen LogP contribution in [-0.2, 0) is 11.2 Å². The highest BCUT2D eigenvalue weighted by molar-refractivity contribution is 6.35. The first-order valence-electron chi connectivity index (χ1n) is 9.32. The van der Waals surface area contributed by atoms with E-state index >= 15 is 0 Å². The number of aliphatic hydroxyl groups is 1. The van der Waals surface area contributed by atoms with Crippen molar-refractivity contribution in [2.24, 2.45) is 0 Å². The van der Waals surface area contributed by atoms with Gasteiger partial charge in [-0.1, -0.05) is 17.7 Å². The van der Waals surface area contributed by atoms with Crippen molar-refractivity contribution in [3.63, 3.8) is 0 Å². The molecule has 146 valence electrons. The lowest BCUT2D eigenvalue weighted by atomic mass is 9.99. The Labute approximate surface area is 167 Å². The third-order valence-corrected chi connectivity index (χ3v) is 5.85. The molecule has 1 N–H and O–H groups in total. The van der Waals surface area contributed by atoms with E-state index in [9.17, 15) is 9.90 Å². The molecule has 0 bridgehead atoms. The highest BCUT2D eigenvalue weighted by atomic mass is 35.5. The summed E-state index contributed by atoms with van der Waals surface area (Å²) >= 11 is 6.57. The maximum atomic E-state index is 13.2. The van der Waals surface area contributed by atoms with Crippen LogP contribution in [-0.4, -0.2) is 39.0 Å². The molecule has 0 amide bonds. The largest absolute Gasteiger partial charge is 0.389 e. The summed E-state index contributed by atoms with van der Waals surface area (Å²) in [5, 5.41) is 11.2. The zero-order chi connectivity index (χ0) is 19.8. The van der Waals surface area contributed by atoms with E-state index in [1.165, 1.54) is 10.9 Å². The van der Waals surface area contributed by atoms with Gasteiger partial charge in [0.05, 0.1) is 41.0 Å². The third-order valence-electron chi connectivity index (χ3n) is 5.38. The molecule has 2 atom stereocenters. The van der Waals surface area contributed by atoms with Gasteiger partial charge in [-0.05, 0) is 55.5 Å². The van der Waals surface area contributed by atoms with E-state index < -0.39 is 6.10 Å². The molecular formula is C21H22ClN3O3. The molecule has 1 aliphatic rings. The Bertz CT molecular complexity index is 1080. The highest BCUT2D eigenvalue weighted by Gasteiger charge is 2.27. The van der Waals surface area contributed by atoms with Crippen LogP contribution in [0.3, 0.4) is 0 Å². The van der Waals surface area contributed by atoms with Crippen molar-refractivity contribution in [2.45, 2.75) is 38.8 Å². The molecule has 4 rings (SSSR count). The fourth-order valence-corrected chi connectivity index (χ4v) is 3.94. The molecule has 6 nitrogen and oxygen atoms in total. The Balaban J connectivity index is 1.81. The second-order valence-corrected chi connectivity index (χ2v) is 7.69. The lowest BCUT2D eigenvalue weighted by Crippen LogP contribution is -2.39. The van der Waals surface area contributed by atoms with E-state index in [1.54, 1.807) is 0 Å². The predicted octanol–water partition coefficient (Wildman–Crippen LogP) is 2.97. The number of nitrogens with zero attached hydrogens (tertiary/aromatic N) is 3. The lowest BCUT2D eigenvalue weighted by Gasteiger charge is -2.29. The summed E-state index contributed by atoms with van der Waals surface area (Å²) in [5.41, 5.74) is 4.18. The van der Waals surface area contributed by atoms with Gasteiger partial charge in [-0.25, -0.2) is 4.98 Å². The molecule has 0 radical (unpaired) electrons. The Hall–Kier alpha value is -2.28. The van der Waals surface area contributed by atoms with Crippen LogP contribution in [0.2, 0.25) is 5.02 Å². The number of benzene rings is 1. The summed E-state index contributed by atoms with van der Waals surface area (Å²) in [6.45, 7) is 4.61. The van der Waals surface area contributed by atoms with Gasteiger partial charge in [0.1, 0.15) is 0 Å². The van der Waals surface area contributed by atoms with Crippen molar-refractivity contribution in [3.8, 4) is 0 Å². The van der Waals surface area contributed by atoms with Gasteiger partial charge in [0.15, 0.2) is 0 Å². The van der Waals surface area contributed by atoms with E-state index in [4.69, 9.17) is 16.3 Å². The van der Waals surface area contributed by atoms with Crippen LogP contribution < -0.4 is 5.56 Å². The lowest BCUT2D eigenvalue weighted by molar-refractivity contribution is -0.0395. The van der Waals surface area contributed by atoms with Gasteiger partial charge in [0, 0.05) is 18.5 Å². The number of aryl methyl sites for hydroxylation is 1. The number of pyridine rings is 1. The van der Waals surface area contributed by atoms with Crippen LogP contribution in [0.4, 0.5) is 0 Å². The first kappa shape index (κ1) is 19.1. The molecule has 0 saturated carbocycles. The van der Waals surface area contributed by atoms with E-state index in [0.29, 0.717) is 35.4 Å². The van der Waals surface area contributed by atoms with E-state index in [0.717, 1.165) is 22.4 Å². The van der Waals surface area contributed by atoms with Gasteiger partial charge >= 0.3 is 0 Å². The molecule has 7 heteroatoms. The molecule has 1 aliphatic heterocycles. The van der Waals surface area contributed by atoms with Gasteiger partial charge in [-0.3, -0.25) is 14.3 Å². The molecule has 1 fully saturated rings. The molecule has 3 heterocycles. The number of aliphatic hydroxyl groups excluding tert-OH is 1. The number of halogens is 1. The van der Waals surface area contributed by atoms with Crippen LogP contribution in [0.1, 0.15) is 34.8 Å². The van der Waals surface area contributed by atoms with Crippen LogP contribution in [0.5, 0.6) is 0 Å². The summed E-state index contributed by atoms with van der Waals surface area (Å²) in [5.74, 6) is 0. The monoisotopic (exact) mass is 399 g/mol. The van der Waals surface area contributed by atoms with Crippen molar-refractivity contribution in [1.82, 2.24) is 14.5 Å². The fraction of sp³-hybridized carbons (Fsp3) is 0.381. The molecule has 2 aromatic heterocycles. The topological polar surface area (TPSA) is 77.2 Å².